The van der Waals surface area contributed by atoms with E-state index in [-0.39, 0.29) is 11.9 Å². The standard InChI is InChI=1S/C39H48N8O6/c1-5-6-19-52-39-43-37(46(23-27-7-11-31(50-3)12-8-27)24-28-9-13-32(51-4)14-10-28)36-42-22-33(47(36)44-39)34(48)30-20-26(2)35(41-21-30)45-17-15-29(16-18-45)25-53-38(40)49/h7-14,20-22,29,34,48H,5-6,15-19,23-25H2,1-4H3,(H2,40,49). The molecule has 4 heterocycles. The summed E-state index contributed by atoms with van der Waals surface area (Å²) >= 11 is 0. The molecule has 0 aliphatic carbocycles. The molecule has 14 heteroatoms. The van der Waals surface area contributed by atoms with Gasteiger partial charge in [-0.25, -0.2) is 19.3 Å². The lowest BCUT2D eigenvalue weighted by molar-refractivity contribution is 0.129. The van der Waals surface area contributed by atoms with Gasteiger partial charge < -0.3 is 39.6 Å². The number of fused-ring (bicyclic) bond motifs is 1. The van der Waals surface area contributed by atoms with E-state index < -0.39 is 12.2 Å². The molecule has 53 heavy (non-hydrogen) atoms. The number of unbranched alkanes of at least 4 members (excludes halogenated alkanes) is 1. The van der Waals surface area contributed by atoms with Gasteiger partial charge in [-0.1, -0.05) is 37.6 Å². The number of aromatic nitrogens is 5. The Morgan fingerprint density at radius 1 is 0.981 bits per heavy atom. The third-order valence-corrected chi connectivity index (χ3v) is 9.49. The molecular weight excluding hydrogens is 676 g/mol. The number of piperidine rings is 1. The Morgan fingerprint density at radius 3 is 2.19 bits per heavy atom. The van der Waals surface area contributed by atoms with Crippen LogP contribution in [0.5, 0.6) is 17.5 Å². The van der Waals surface area contributed by atoms with E-state index in [0.29, 0.717) is 49.0 Å². The second-order valence-corrected chi connectivity index (χ2v) is 13.3. The number of amides is 1. The third-order valence-electron chi connectivity index (χ3n) is 9.49. The van der Waals surface area contributed by atoms with Gasteiger partial charge in [-0.15, -0.1) is 5.10 Å². The van der Waals surface area contributed by atoms with E-state index in [2.05, 4.69) is 16.7 Å². The fourth-order valence-corrected chi connectivity index (χ4v) is 6.49. The first-order valence-corrected chi connectivity index (χ1v) is 18.0. The minimum Gasteiger partial charge on any atom is -0.497 e. The summed E-state index contributed by atoms with van der Waals surface area (Å²) in [5.74, 6) is 3.23. The molecule has 1 atom stereocenters. The number of aliphatic hydroxyl groups is 1. The van der Waals surface area contributed by atoms with Crippen molar-refractivity contribution in [2.75, 3.05) is 50.3 Å². The molecule has 0 bridgehead atoms. The maximum Gasteiger partial charge on any atom is 0.404 e. The van der Waals surface area contributed by atoms with Crippen LogP contribution in [-0.2, 0) is 17.8 Å². The number of methoxy groups -OCH3 is 2. The molecule has 0 spiro atoms. The van der Waals surface area contributed by atoms with Crippen LogP contribution in [-0.4, -0.2) is 76.3 Å². The first-order valence-electron chi connectivity index (χ1n) is 18.0. The average Bonchev–Trinajstić information content (AvgIpc) is 3.61. The summed E-state index contributed by atoms with van der Waals surface area (Å²) in [5, 5.41) is 16.6. The van der Waals surface area contributed by atoms with Crippen LogP contribution in [0.4, 0.5) is 16.4 Å². The summed E-state index contributed by atoms with van der Waals surface area (Å²) in [6.45, 7) is 7.43. The van der Waals surface area contributed by atoms with Crippen LogP contribution >= 0.6 is 0 Å². The number of nitrogens with zero attached hydrogens (tertiary/aromatic N) is 7. The van der Waals surface area contributed by atoms with Gasteiger partial charge in [0, 0.05) is 37.9 Å². The summed E-state index contributed by atoms with van der Waals surface area (Å²) in [5.41, 5.74) is 9.72. The number of aliphatic hydroxyl groups excluding tert-OH is 1. The van der Waals surface area contributed by atoms with Crippen molar-refractivity contribution in [1.82, 2.24) is 24.6 Å². The lowest BCUT2D eigenvalue weighted by Crippen LogP contribution is -2.36. The molecular formula is C39H48N8O6. The molecule has 1 aliphatic rings. The number of ether oxygens (including phenoxy) is 4. The summed E-state index contributed by atoms with van der Waals surface area (Å²) in [6, 6.07) is 18.0. The molecule has 1 saturated heterocycles. The van der Waals surface area contributed by atoms with Crippen molar-refractivity contribution in [1.29, 1.82) is 0 Å². The van der Waals surface area contributed by atoms with E-state index in [1.807, 2.05) is 61.5 Å². The second-order valence-electron chi connectivity index (χ2n) is 13.3. The zero-order valence-corrected chi connectivity index (χ0v) is 30.8. The van der Waals surface area contributed by atoms with Gasteiger partial charge in [-0.2, -0.15) is 4.98 Å². The number of primary amides is 1. The SMILES string of the molecule is CCCCOc1nc(N(Cc2ccc(OC)cc2)Cc2ccc(OC)cc2)c2ncc(C(O)c3cnc(N4CCC(COC(N)=O)CC4)c(C)c3)n2n1. The number of carbonyl (C=O) groups is 1. The summed E-state index contributed by atoms with van der Waals surface area (Å²) < 4.78 is 23.5. The monoisotopic (exact) mass is 724 g/mol. The van der Waals surface area contributed by atoms with Gasteiger partial charge in [-0.3, -0.25) is 0 Å². The minimum absolute atomic E-state index is 0.191. The molecule has 3 aromatic heterocycles. The predicted octanol–water partition coefficient (Wildman–Crippen LogP) is 5.62. The van der Waals surface area contributed by atoms with Crippen molar-refractivity contribution in [3.8, 4) is 17.5 Å². The van der Waals surface area contributed by atoms with Crippen molar-refractivity contribution in [2.24, 2.45) is 11.7 Å². The number of nitrogens with two attached hydrogens (primary N) is 1. The van der Waals surface area contributed by atoms with E-state index in [0.717, 1.165) is 72.8 Å². The van der Waals surface area contributed by atoms with Gasteiger partial charge in [0.1, 0.15) is 23.4 Å². The highest BCUT2D eigenvalue weighted by molar-refractivity contribution is 5.66. The lowest BCUT2D eigenvalue weighted by atomic mass is 9.97. The van der Waals surface area contributed by atoms with Crippen LogP contribution in [0.3, 0.4) is 0 Å². The van der Waals surface area contributed by atoms with Crippen LogP contribution in [0.2, 0.25) is 0 Å². The van der Waals surface area contributed by atoms with Gasteiger partial charge in [0.05, 0.1) is 39.3 Å². The molecule has 1 fully saturated rings. The molecule has 1 amide bonds. The Bertz CT molecular complexity index is 1910. The zero-order valence-electron chi connectivity index (χ0n) is 30.8. The molecule has 0 saturated carbocycles. The number of benzene rings is 2. The van der Waals surface area contributed by atoms with E-state index in [1.165, 1.54) is 0 Å². The number of hydrogen-bond acceptors (Lipinski definition) is 12. The van der Waals surface area contributed by atoms with Crippen LogP contribution < -0.4 is 29.7 Å². The first kappa shape index (κ1) is 37.1. The Kier molecular flexibility index (Phi) is 12.1. The average molecular weight is 725 g/mol. The quantitative estimate of drug-likeness (QED) is 0.121. The number of anilines is 2. The van der Waals surface area contributed by atoms with Gasteiger partial charge >= 0.3 is 12.1 Å². The molecule has 3 N–H and O–H groups in total. The van der Waals surface area contributed by atoms with E-state index in [1.54, 1.807) is 31.1 Å². The molecule has 0 radical (unpaired) electrons. The van der Waals surface area contributed by atoms with E-state index >= 15 is 0 Å². The highest BCUT2D eigenvalue weighted by Crippen LogP contribution is 2.32. The van der Waals surface area contributed by atoms with Crippen molar-refractivity contribution in [3.63, 3.8) is 0 Å². The van der Waals surface area contributed by atoms with Crippen molar-refractivity contribution in [3.05, 3.63) is 94.9 Å². The van der Waals surface area contributed by atoms with E-state index in [9.17, 15) is 9.90 Å². The van der Waals surface area contributed by atoms with E-state index in [4.69, 9.17) is 44.7 Å². The summed E-state index contributed by atoms with van der Waals surface area (Å²) in [6.07, 6.45) is 5.03. The maximum atomic E-state index is 11.8. The van der Waals surface area contributed by atoms with Gasteiger partial charge in [-0.05, 0) is 79.1 Å². The van der Waals surface area contributed by atoms with Crippen LogP contribution in [0.15, 0.2) is 67.0 Å². The van der Waals surface area contributed by atoms with Gasteiger partial charge in [0.25, 0.3) is 0 Å². The molecule has 1 aliphatic heterocycles. The highest BCUT2D eigenvalue weighted by atomic mass is 16.5. The molecule has 2 aromatic carbocycles. The normalized spacial score (nSPS) is 13.9. The van der Waals surface area contributed by atoms with Crippen molar-refractivity contribution >= 4 is 23.4 Å². The van der Waals surface area contributed by atoms with Crippen LogP contribution in [0.1, 0.15) is 66.7 Å². The van der Waals surface area contributed by atoms with Gasteiger partial charge in [0.2, 0.25) is 0 Å². The maximum absolute atomic E-state index is 11.8. The zero-order chi connectivity index (χ0) is 37.3. The lowest BCUT2D eigenvalue weighted by Gasteiger charge is -2.33. The number of pyridine rings is 1. The van der Waals surface area contributed by atoms with Gasteiger partial charge in [0.15, 0.2) is 11.5 Å². The van der Waals surface area contributed by atoms with Crippen molar-refractivity contribution < 1.29 is 28.8 Å². The molecule has 5 aromatic rings. The number of imidazole rings is 1. The number of hydrogen-bond donors (Lipinski definition) is 2. The largest absolute Gasteiger partial charge is 0.497 e. The summed E-state index contributed by atoms with van der Waals surface area (Å²) in [4.78, 5) is 29.9. The minimum atomic E-state index is -1.08. The second kappa shape index (κ2) is 17.3. The summed E-state index contributed by atoms with van der Waals surface area (Å²) in [7, 11) is 3.30. The topological polar surface area (TPSA) is 163 Å². The van der Waals surface area contributed by atoms with Crippen LogP contribution in [0.25, 0.3) is 5.65 Å². The fraction of sp³-hybridized carbons (Fsp3) is 0.410. The first-order chi connectivity index (χ1) is 25.8. The molecule has 14 nitrogen and oxygen atoms in total. The Hall–Kier alpha value is -5.63. The van der Waals surface area contributed by atoms with Crippen LogP contribution in [0, 0.1) is 12.8 Å². The number of aryl methyl sites for hydroxylation is 1. The fourth-order valence-electron chi connectivity index (χ4n) is 6.49. The van der Waals surface area contributed by atoms with Crippen molar-refractivity contribution in [2.45, 2.75) is 58.7 Å². The highest BCUT2D eigenvalue weighted by Gasteiger charge is 2.26. The Morgan fingerprint density at radius 2 is 1.62 bits per heavy atom. The predicted molar refractivity (Wildman–Crippen MR) is 201 cm³/mol. The molecule has 6 rings (SSSR count). The molecule has 280 valence electrons. The third kappa shape index (κ3) is 9.06. The Labute approximate surface area is 309 Å². The smallest absolute Gasteiger partial charge is 0.404 e. The Balaban J connectivity index is 1.32. The number of rotatable bonds is 16. The number of carbonyl (C=O) groups excluding carboxylic acids is 1. The molecule has 1 unspecified atom stereocenters.